The molecule has 7 heteroatoms. The van der Waals surface area contributed by atoms with Crippen LogP contribution < -0.4 is 10.6 Å². The Morgan fingerprint density at radius 2 is 2.28 bits per heavy atom. The zero-order valence-corrected chi connectivity index (χ0v) is 11.1. The lowest BCUT2D eigenvalue weighted by atomic mass is 10.2. The lowest BCUT2D eigenvalue weighted by molar-refractivity contribution is 0.146. The Bertz CT molecular complexity index is 416. The standard InChI is InChI=1S/C11H18ClN5O/c1-8-6-17(3-2-16(8)4-5-18)11-9(12)10(13)14-7-15-11/h7-8,18H,2-6H2,1H3,(H2,13,14,15)/t8-/m1/s1. The highest BCUT2D eigenvalue weighted by atomic mass is 35.5. The van der Waals surface area contributed by atoms with E-state index in [4.69, 9.17) is 22.4 Å². The fourth-order valence-electron chi connectivity index (χ4n) is 2.24. The minimum Gasteiger partial charge on any atom is -0.395 e. The van der Waals surface area contributed by atoms with Gasteiger partial charge in [0.25, 0.3) is 0 Å². The number of nitrogens with two attached hydrogens (primary N) is 1. The zero-order valence-electron chi connectivity index (χ0n) is 10.4. The summed E-state index contributed by atoms with van der Waals surface area (Å²) in [7, 11) is 0. The summed E-state index contributed by atoms with van der Waals surface area (Å²) in [6, 6.07) is 0.346. The fraction of sp³-hybridized carbons (Fsp3) is 0.636. The Morgan fingerprint density at radius 1 is 1.50 bits per heavy atom. The van der Waals surface area contributed by atoms with Gasteiger partial charge in [0, 0.05) is 32.2 Å². The number of β-amino-alcohol motifs (C(OH)–C–C–N with tert-alkyl or cyclic N) is 1. The van der Waals surface area contributed by atoms with Gasteiger partial charge in [-0.05, 0) is 6.92 Å². The van der Waals surface area contributed by atoms with E-state index >= 15 is 0 Å². The van der Waals surface area contributed by atoms with Crippen LogP contribution in [0.3, 0.4) is 0 Å². The van der Waals surface area contributed by atoms with Crippen LogP contribution in [0.5, 0.6) is 0 Å². The molecule has 0 bridgehead atoms. The van der Waals surface area contributed by atoms with Gasteiger partial charge < -0.3 is 15.7 Å². The second-order valence-corrected chi connectivity index (χ2v) is 4.83. The minimum absolute atomic E-state index is 0.186. The number of aliphatic hydroxyl groups is 1. The maximum absolute atomic E-state index is 8.99. The average molecular weight is 272 g/mol. The van der Waals surface area contributed by atoms with Crippen LogP contribution in [0.25, 0.3) is 0 Å². The molecule has 1 aliphatic heterocycles. The predicted molar refractivity (Wildman–Crippen MR) is 71.8 cm³/mol. The second kappa shape index (κ2) is 5.69. The van der Waals surface area contributed by atoms with Crippen molar-refractivity contribution in [3.63, 3.8) is 0 Å². The molecule has 0 radical (unpaired) electrons. The van der Waals surface area contributed by atoms with Crippen molar-refractivity contribution in [2.24, 2.45) is 0 Å². The largest absolute Gasteiger partial charge is 0.395 e. The topological polar surface area (TPSA) is 78.5 Å². The van der Waals surface area contributed by atoms with Crippen LogP contribution in [0.4, 0.5) is 11.6 Å². The van der Waals surface area contributed by atoms with Crippen molar-refractivity contribution < 1.29 is 5.11 Å². The van der Waals surface area contributed by atoms with Crippen LogP contribution in [0.1, 0.15) is 6.92 Å². The number of anilines is 2. The first-order chi connectivity index (χ1) is 8.63. The number of hydrogen-bond acceptors (Lipinski definition) is 6. The van der Waals surface area contributed by atoms with Gasteiger partial charge in [-0.25, -0.2) is 9.97 Å². The average Bonchev–Trinajstić information content (AvgIpc) is 2.35. The van der Waals surface area contributed by atoms with E-state index in [0.29, 0.717) is 29.2 Å². The molecule has 0 unspecified atom stereocenters. The molecule has 100 valence electrons. The van der Waals surface area contributed by atoms with Crippen molar-refractivity contribution in [2.45, 2.75) is 13.0 Å². The molecule has 2 heterocycles. The molecule has 1 atom stereocenters. The van der Waals surface area contributed by atoms with Crippen molar-refractivity contribution in [3.05, 3.63) is 11.3 Å². The highest BCUT2D eigenvalue weighted by Gasteiger charge is 2.25. The van der Waals surface area contributed by atoms with Crippen LogP contribution in [0.2, 0.25) is 5.02 Å². The third-order valence-corrected chi connectivity index (χ3v) is 3.61. The summed E-state index contributed by atoms with van der Waals surface area (Å²) in [5.74, 6) is 1.01. The third kappa shape index (κ3) is 2.66. The van der Waals surface area contributed by atoms with Gasteiger partial charge in [-0.3, -0.25) is 4.90 Å². The van der Waals surface area contributed by atoms with Gasteiger partial charge in [0.05, 0.1) is 6.61 Å². The van der Waals surface area contributed by atoms with Crippen molar-refractivity contribution >= 4 is 23.2 Å². The molecule has 3 N–H and O–H groups in total. The zero-order chi connectivity index (χ0) is 13.1. The van der Waals surface area contributed by atoms with Crippen LogP contribution >= 0.6 is 11.6 Å². The number of hydrogen-bond donors (Lipinski definition) is 2. The summed E-state index contributed by atoms with van der Waals surface area (Å²) in [6.45, 7) is 5.53. The lowest BCUT2D eigenvalue weighted by Gasteiger charge is -2.40. The molecule has 0 aliphatic carbocycles. The van der Waals surface area contributed by atoms with E-state index in [1.54, 1.807) is 0 Å². The van der Waals surface area contributed by atoms with E-state index in [0.717, 1.165) is 19.6 Å². The van der Waals surface area contributed by atoms with Crippen LogP contribution in [0, 0.1) is 0 Å². The van der Waals surface area contributed by atoms with Crippen molar-refractivity contribution in [1.29, 1.82) is 0 Å². The number of rotatable bonds is 3. The molecule has 1 fully saturated rings. The number of aromatic nitrogens is 2. The fourth-order valence-corrected chi connectivity index (χ4v) is 2.46. The van der Waals surface area contributed by atoms with E-state index < -0.39 is 0 Å². The van der Waals surface area contributed by atoms with E-state index in [9.17, 15) is 0 Å². The van der Waals surface area contributed by atoms with Crippen LogP contribution in [0.15, 0.2) is 6.33 Å². The summed E-state index contributed by atoms with van der Waals surface area (Å²) in [5.41, 5.74) is 5.68. The summed E-state index contributed by atoms with van der Waals surface area (Å²) >= 11 is 6.13. The summed E-state index contributed by atoms with van der Waals surface area (Å²) < 4.78 is 0. The van der Waals surface area contributed by atoms with Gasteiger partial charge >= 0.3 is 0 Å². The molecule has 1 aliphatic rings. The molecule has 0 saturated carbocycles. The smallest absolute Gasteiger partial charge is 0.153 e. The Hall–Kier alpha value is -1.11. The minimum atomic E-state index is 0.186. The molecular formula is C11H18ClN5O. The molecule has 6 nitrogen and oxygen atoms in total. The van der Waals surface area contributed by atoms with Crippen molar-refractivity contribution in [3.8, 4) is 0 Å². The SMILES string of the molecule is C[C@@H]1CN(c2ncnc(N)c2Cl)CCN1CCO. The van der Waals surface area contributed by atoms with E-state index in [1.807, 2.05) is 0 Å². The van der Waals surface area contributed by atoms with E-state index in [2.05, 4.69) is 26.7 Å². The van der Waals surface area contributed by atoms with Crippen LogP contribution in [-0.2, 0) is 0 Å². The molecule has 0 aromatic carbocycles. The molecule has 1 aromatic heterocycles. The van der Waals surface area contributed by atoms with Gasteiger partial charge in [0.1, 0.15) is 17.2 Å². The van der Waals surface area contributed by atoms with Crippen LogP contribution in [-0.4, -0.2) is 58.8 Å². The van der Waals surface area contributed by atoms with Crippen molar-refractivity contribution in [1.82, 2.24) is 14.9 Å². The molecule has 1 aromatic rings. The quantitative estimate of drug-likeness (QED) is 0.819. The first-order valence-corrected chi connectivity index (χ1v) is 6.37. The first-order valence-electron chi connectivity index (χ1n) is 5.99. The molecule has 18 heavy (non-hydrogen) atoms. The van der Waals surface area contributed by atoms with E-state index in [1.165, 1.54) is 6.33 Å². The summed E-state index contributed by atoms with van der Waals surface area (Å²) in [6.07, 6.45) is 1.43. The Labute approximate surface area is 111 Å². The third-order valence-electron chi connectivity index (χ3n) is 3.25. The number of nitrogen functional groups attached to an aromatic ring is 1. The van der Waals surface area contributed by atoms with Gasteiger partial charge in [0.15, 0.2) is 5.82 Å². The van der Waals surface area contributed by atoms with Gasteiger partial charge in [-0.2, -0.15) is 0 Å². The first kappa shape index (κ1) is 13.3. The molecule has 0 spiro atoms. The summed E-state index contributed by atoms with van der Waals surface area (Å²) in [4.78, 5) is 12.4. The molecule has 1 saturated heterocycles. The number of piperazine rings is 1. The van der Waals surface area contributed by atoms with Gasteiger partial charge in [-0.15, -0.1) is 0 Å². The van der Waals surface area contributed by atoms with Gasteiger partial charge in [0.2, 0.25) is 0 Å². The molecular weight excluding hydrogens is 254 g/mol. The lowest BCUT2D eigenvalue weighted by Crippen LogP contribution is -2.53. The normalized spacial score (nSPS) is 21.3. The number of aliphatic hydroxyl groups excluding tert-OH is 1. The highest BCUT2D eigenvalue weighted by molar-refractivity contribution is 6.35. The van der Waals surface area contributed by atoms with Gasteiger partial charge in [-0.1, -0.05) is 11.6 Å². The van der Waals surface area contributed by atoms with Crippen molar-refractivity contribution in [2.75, 3.05) is 43.4 Å². The van der Waals surface area contributed by atoms with E-state index in [-0.39, 0.29) is 6.61 Å². The maximum atomic E-state index is 8.99. The number of halogens is 1. The molecule has 2 rings (SSSR count). The Balaban J connectivity index is 2.10. The Kier molecular flexibility index (Phi) is 4.21. The monoisotopic (exact) mass is 271 g/mol. The summed E-state index contributed by atoms with van der Waals surface area (Å²) in [5, 5.41) is 9.40. The maximum Gasteiger partial charge on any atom is 0.153 e. The second-order valence-electron chi connectivity index (χ2n) is 4.45. The number of nitrogens with zero attached hydrogens (tertiary/aromatic N) is 4. The Morgan fingerprint density at radius 3 is 2.94 bits per heavy atom. The predicted octanol–water partition coefficient (Wildman–Crippen LogP) is 0.215. The highest BCUT2D eigenvalue weighted by Crippen LogP contribution is 2.28. The molecule has 0 amide bonds.